The minimum atomic E-state index is -1.02. The van der Waals surface area contributed by atoms with Gasteiger partial charge in [-0.3, -0.25) is 0 Å². The van der Waals surface area contributed by atoms with Crippen molar-refractivity contribution in [2.24, 2.45) is 0 Å². The monoisotopic (exact) mass is 484 g/mol. The highest BCUT2D eigenvalue weighted by molar-refractivity contribution is 6.00. The molecule has 5 aromatic rings. The number of anilines is 1. The van der Waals surface area contributed by atoms with Gasteiger partial charge < -0.3 is 19.2 Å². The molecule has 7 heteroatoms. The third-order valence-corrected chi connectivity index (χ3v) is 6.02. The number of nitrogens with zero attached hydrogens (tertiary/aromatic N) is 2. The number of halogens is 1. The van der Waals surface area contributed by atoms with Crippen LogP contribution >= 0.6 is 0 Å². The lowest BCUT2D eigenvalue weighted by Gasteiger charge is -2.21. The van der Waals surface area contributed by atoms with Gasteiger partial charge in [0, 0.05) is 18.5 Å². The van der Waals surface area contributed by atoms with Gasteiger partial charge in [-0.1, -0.05) is 54.6 Å². The van der Waals surface area contributed by atoms with Gasteiger partial charge in [0.2, 0.25) is 0 Å². The first-order valence-corrected chi connectivity index (χ1v) is 11.8. The second-order valence-electron chi connectivity index (χ2n) is 8.54. The Balaban J connectivity index is 1.28. The fraction of sp³-hybridized carbons (Fsp3) is 0.172. The van der Waals surface area contributed by atoms with Crippen LogP contribution in [0.15, 0.2) is 89.3 Å². The number of hydrogen-bond acceptors (Lipinski definition) is 5. The topological polar surface area (TPSA) is 75.8 Å². The molecule has 1 heterocycles. The first-order valence-electron chi connectivity index (χ1n) is 11.8. The van der Waals surface area contributed by atoms with Crippen molar-refractivity contribution in [1.29, 1.82) is 0 Å². The molecular formula is C29H25FN2O4. The van der Waals surface area contributed by atoms with Crippen LogP contribution < -0.4 is 9.64 Å². The number of hydrogen-bond donors (Lipinski definition) is 1. The molecule has 0 saturated heterocycles. The van der Waals surface area contributed by atoms with Crippen molar-refractivity contribution >= 4 is 33.9 Å². The maximum absolute atomic E-state index is 13.4. The van der Waals surface area contributed by atoms with E-state index in [0.29, 0.717) is 43.5 Å². The molecule has 36 heavy (non-hydrogen) atoms. The fourth-order valence-corrected chi connectivity index (χ4v) is 4.19. The summed E-state index contributed by atoms with van der Waals surface area (Å²) in [4.78, 5) is 18.4. The second-order valence-corrected chi connectivity index (χ2v) is 8.54. The molecule has 182 valence electrons. The number of carboxylic acids is 1. The second kappa shape index (κ2) is 10.5. The molecule has 6 nitrogen and oxygen atoms in total. The Morgan fingerprint density at radius 1 is 0.944 bits per heavy atom. The number of aromatic nitrogens is 1. The van der Waals surface area contributed by atoms with Crippen LogP contribution in [0, 0.1) is 5.82 Å². The highest BCUT2D eigenvalue weighted by atomic mass is 19.1. The van der Waals surface area contributed by atoms with Gasteiger partial charge in [-0.2, -0.15) is 4.98 Å². The third-order valence-electron chi connectivity index (χ3n) is 6.02. The first-order chi connectivity index (χ1) is 17.6. The summed E-state index contributed by atoms with van der Waals surface area (Å²) >= 11 is 0. The lowest BCUT2D eigenvalue weighted by Crippen LogP contribution is -2.24. The predicted octanol–water partition coefficient (Wildman–Crippen LogP) is 6.68. The molecule has 0 radical (unpaired) electrons. The normalized spacial score (nSPS) is 11.1. The van der Waals surface area contributed by atoms with Crippen molar-refractivity contribution in [3.05, 3.63) is 102 Å². The quantitative estimate of drug-likeness (QED) is 0.223. The molecule has 0 amide bonds. The van der Waals surface area contributed by atoms with Crippen LogP contribution in [-0.4, -0.2) is 29.2 Å². The molecule has 0 atom stereocenters. The Morgan fingerprint density at radius 2 is 1.72 bits per heavy atom. The van der Waals surface area contributed by atoms with E-state index in [1.54, 1.807) is 24.3 Å². The fourth-order valence-electron chi connectivity index (χ4n) is 4.19. The van der Waals surface area contributed by atoms with E-state index in [1.807, 2.05) is 53.4 Å². The summed E-state index contributed by atoms with van der Waals surface area (Å²) < 4.78 is 25.4. The van der Waals surface area contributed by atoms with Gasteiger partial charge in [0.25, 0.3) is 6.01 Å². The average Bonchev–Trinajstić information content (AvgIpc) is 3.33. The minimum Gasteiger partial charge on any atom is -0.492 e. The van der Waals surface area contributed by atoms with Gasteiger partial charge in [-0.25, -0.2) is 9.18 Å². The molecule has 0 fully saturated rings. The zero-order chi connectivity index (χ0) is 24.9. The van der Waals surface area contributed by atoms with Crippen molar-refractivity contribution in [2.75, 3.05) is 18.1 Å². The summed E-state index contributed by atoms with van der Waals surface area (Å²) in [6.45, 7) is 1.52. The summed E-state index contributed by atoms with van der Waals surface area (Å²) in [6.07, 6.45) is 1.45. The Kier molecular flexibility index (Phi) is 6.80. The molecule has 0 aliphatic rings. The summed E-state index contributed by atoms with van der Waals surface area (Å²) in [5.74, 6) is -0.904. The molecule has 0 spiro atoms. The Labute approximate surface area is 207 Å². The van der Waals surface area contributed by atoms with Crippen molar-refractivity contribution < 1.29 is 23.4 Å². The number of carbonyl (C=O) groups is 1. The zero-order valence-corrected chi connectivity index (χ0v) is 19.6. The van der Waals surface area contributed by atoms with Crippen LogP contribution in [0.5, 0.6) is 5.75 Å². The van der Waals surface area contributed by atoms with Crippen LogP contribution in [-0.2, 0) is 6.54 Å². The smallest absolute Gasteiger partial charge is 0.339 e. The van der Waals surface area contributed by atoms with Gasteiger partial charge in [0.1, 0.15) is 22.6 Å². The summed E-state index contributed by atoms with van der Waals surface area (Å²) in [6, 6.07) is 25.4. The van der Waals surface area contributed by atoms with Gasteiger partial charge in [0.15, 0.2) is 5.58 Å². The summed E-state index contributed by atoms with van der Waals surface area (Å²) in [7, 11) is 0. The highest BCUT2D eigenvalue weighted by Gasteiger charge is 2.17. The molecule has 0 bridgehead atoms. The average molecular weight is 485 g/mol. The van der Waals surface area contributed by atoms with Gasteiger partial charge in [-0.15, -0.1) is 0 Å². The number of carboxylic acid groups (broad SMARTS) is 1. The number of benzene rings is 4. The van der Waals surface area contributed by atoms with Crippen molar-refractivity contribution in [1.82, 2.24) is 4.98 Å². The highest BCUT2D eigenvalue weighted by Crippen LogP contribution is 2.30. The van der Waals surface area contributed by atoms with E-state index < -0.39 is 5.97 Å². The van der Waals surface area contributed by atoms with Crippen LogP contribution in [0.4, 0.5) is 10.4 Å². The Bertz CT molecular complexity index is 1460. The molecule has 1 aromatic heterocycles. The largest absolute Gasteiger partial charge is 0.492 e. The first kappa shape index (κ1) is 23.4. The number of fused-ring (bicyclic) bond motifs is 2. The van der Waals surface area contributed by atoms with Gasteiger partial charge >= 0.3 is 5.97 Å². The maximum Gasteiger partial charge on any atom is 0.339 e. The number of ether oxygens (including phenoxy) is 1. The van der Waals surface area contributed by atoms with E-state index >= 15 is 0 Å². The molecule has 4 aromatic carbocycles. The van der Waals surface area contributed by atoms with Crippen molar-refractivity contribution in [3.63, 3.8) is 0 Å². The van der Waals surface area contributed by atoms with Gasteiger partial charge in [-0.05, 0) is 54.1 Å². The Hall–Kier alpha value is -4.39. The molecule has 0 aliphatic heterocycles. The van der Waals surface area contributed by atoms with E-state index in [9.17, 15) is 14.3 Å². The zero-order valence-electron chi connectivity index (χ0n) is 19.6. The number of aromatic carboxylic acids is 1. The number of para-hydroxylation sites is 2. The van der Waals surface area contributed by atoms with Crippen LogP contribution in [0.2, 0.25) is 0 Å². The van der Waals surface area contributed by atoms with E-state index in [2.05, 4.69) is 4.98 Å². The Morgan fingerprint density at radius 3 is 2.53 bits per heavy atom. The van der Waals surface area contributed by atoms with E-state index in [0.717, 1.165) is 28.3 Å². The van der Waals surface area contributed by atoms with Crippen LogP contribution in [0.25, 0.3) is 21.9 Å². The van der Waals surface area contributed by atoms with Crippen LogP contribution in [0.3, 0.4) is 0 Å². The standard InChI is InChI=1S/C29H25FN2O4/c30-22-14-11-20(12-15-22)19-32(29-31-25-9-3-4-10-26(25)36-29)17-5-6-18-35-27-23-8-2-1-7-21(23)13-16-24(27)28(33)34/h1-4,7-16H,5-6,17-19H2,(H,33,34). The molecule has 0 aliphatic carbocycles. The summed E-state index contributed by atoms with van der Waals surface area (Å²) in [5.41, 5.74) is 2.57. The van der Waals surface area contributed by atoms with Crippen LogP contribution in [0.1, 0.15) is 28.8 Å². The number of oxazole rings is 1. The van der Waals surface area contributed by atoms with Gasteiger partial charge in [0.05, 0.1) is 6.61 Å². The maximum atomic E-state index is 13.4. The van der Waals surface area contributed by atoms with Crippen molar-refractivity contribution in [2.45, 2.75) is 19.4 Å². The molecular weight excluding hydrogens is 459 g/mol. The number of rotatable bonds is 10. The molecule has 0 saturated carbocycles. The summed E-state index contributed by atoms with van der Waals surface area (Å²) in [5, 5.41) is 11.3. The van der Waals surface area contributed by atoms with Crippen molar-refractivity contribution in [3.8, 4) is 5.75 Å². The van der Waals surface area contributed by atoms with E-state index in [4.69, 9.17) is 9.15 Å². The molecule has 0 unspecified atom stereocenters. The lowest BCUT2D eigenvalue weighted by molar-refractivity contribution is 0.0692. The molecule has 1 N–H and O–H groups in total. The predicted molar refractivity (Wildman–Crippen MR) is 137 cm³/mol. The SMILES string of the molecule is O=C(O)c1ccc2ccccc2c1OCCCCN(Cc1ccc(F)cc1)c1nc2ccccc2o1. The number of unbranched alkanes of at least 4 members (excludes halogenated alkanes) is 1. The molecule has 5 rings (SSSR count). The minimum absolute atomic E-state index is 0.151. The third kappa shape index (κ3) is 5.15. The lowest BCUT2D eigenvalue weighted by atomic mass is 10.1. The van der Waals surface area contributed by atoms with E-state index in [-0.39, 0.29) is 11.4 Å². The van der Waals surface area contributed by atoms with E-state index in [1.165, 1.54) is 12.1 Å².